The van der Waals surface area contributed by atoms with Crippen molar-refractivity contribution < 1.29 is 0 Å². The van der Waals surface area contributed by atoms with Gasteiger partial charge in [-0.15, -0.1) is 11.3 Å². The van der Waals surface area contributed by atoms with Crippen LogP contribution in [0.2, 0.25) is 0 Å². The van der Waals surface area contributed by atoms with Crippen LogP contribution in [0.4, 0.5) is 5.69 Å². The van der Waals surface area contributed by atoms with Gasteiger partial charge in [0.2, 0.25) is 0 Å². The molecule has 0 radical (unpaired) electrons. The first-order valence-corrected chi connectivity index (χ1v) is 10.3. The Bertz CT molecular complexity index is 739. The molecule has 26 heavy (non-hydrogen) atoms. The van der Waals surface area contributed by atoms with Gasteiger partial charge >= 0.3 is 0 Å². The summed E-state index contributed by atoms with van der Waals surface area (Å²) in [6, 6.07) is 9.09. The third-order valence-corrected chi connectivity index (χ3v) is 5.59. The maximum absolute atomic E-state index is 4.80. The Kier molecular flexibility index (Phi) is 6.50. The highest BCUT2D eigenvalue weighted by atomic mass is 32.1. The molecule has 0 saturated carbocycles. The van der Waals surface area contributed by atoms with Crippen molar-refractivity contribution in [3.05, 3.63) is 45.9 Å². The molecule has 0 aliphatic carbocycles. The standard InChI is InChI=1S/C20H29N5S/c1-4-21-20(22-11-9-19-23-14-16(3)26-19)24-13-15(2)25-12-10-17-7-5-6-8-18(17)25/h5-8,14-15H,4,9-13H2,1-3H3,(H2,21,22,24). The Morgan fingerprint density at radius 2 is 2.19 bits per heavy atom. The average molecular weight is 372 g/mol. The number of nitrogens with one attached hydrogen (secondary N) is 2. The lowest BCUT2D eigenvalue weighted by Gasteiger charge is -2.26. The van der Waals surface area contributed by atoms with Gasteiger partial charge in [-0.1, -0.05) is 18.2 Å². The van der Waals surface area contributed by atoms with Crippen molar-refractivity contribution >= 4 is 23.0 Å². The van der Waals surface area contributed by atoms with Gasteiger partial charge in [-0.25, -0.2) is 4.98 Å². The highest BCUT2D eigenvalue weighted by molar-refractivity contribution is 7.11. The predicted molar refractivity (Wildman–Crippen MR) is 111 cm³/mol. The van der Waals surface area contributed by atoms with Crippen LogP contribution >= 0.6 is 11.3 Å². The zero-order valence-electron chi connectivity index (χ0n) is 16.0. The molecule has 0 spiro atoms. The van der Waals surface area contributed by atoms with Crippen molar-refractivity contribution in [3.8, 4) is 0 Å². The smallest absolute Gasteiger partial charge is 0.191 e. The molecule has 0 amide bonds. The van der Waals surface area contributed by atoms with Crippen LogP contribution in [-0.2, 0) is 12.8 Å². The van der Waals surface area contributed by atoms with Crippen molar-refractivity contribution in [1.29, 1.82) is 0 Å². The molecule has 1 unspecified atom stereocenters. The van der Waals surface area contributed by atoms with Crippen molar-refractivity contribution in [3.63, 3.8) is 0 Å². The second-order valence-electron chi connectivity index (χ2n) is 6.68. The van der Waals surface area contributed by atoms with Gasteiger partial charge < -0.3 is 15.5 Å². The SMILES string of the molecule is CCNC(=NCC(C)N1CCc2ccccc21)NCCc1ncc(C)s1. The number of aliphatic imine (C=N–C) groups is 1. The third kappa shape index (κ3) is 4.75. The molecule has 1 aromatic carbocycles. The molecule has 1 aliphatic heterocycles. The van der Waals surface area contributed by atoms with Crippen molar-refractivity contribution in [2.24, 2.45) is 4.99 Å². The molecule has 2 heterocycles. The van der Waals surface area contributed by atoms with Gasteiger partial charge in [0.05, 0.1) is 11.6 Å². The third-order valence-electron chi connectivity index (χ3n) is 4.61. The van der Waals surface area contributed by atoms with Crippen molar-refractivity contribution in [2.45, 2.75) is 39.7 Å². The highest BCUT2D eigenvalue weighted by Crippen LogP contribution is 2.29. The fourth-order valence-corrected chi connectivity index (χ4v) is 4.08. The molecular weight excluding hydrogens is 342 g/mol. The average Bonchev–Trinajstić information content (AvgIpc) is 3.25. The number of para-hydroxylation sites is 1. The van der Waals surface area contributed by atoms with E-state index in [1.54, 1.807) is 11.3 Å². The molecule has 2 aromatic rings. The van der Waals surface area contributed by atoms with Gasteiger partial charge in [-0.3, -0.25) is 4.99 Å². The Morgan fingerprint density at radius 3 is 2.96 bits per heavy atom. The Morgan fingerprint density at radius 1 is 1.35 bits per heavy atom. The molecule has 0 fully saturated rings. The van der Waals surface area contributed by atoms with Gasteiger partial charge in [-0.05, 0) is 38.8 Å². The number of hydrogen-bond donors (Lipinski definition) is 2. The van der Waals surface area contributed by atoms with Gasteiger partial charge in [0.1, 0.15) is 0 Å². The number of aromatic nitrogens is 1. The summed E-state index contributed by atoms with van der Waals surface area (Å²) in [6.45, 7) is 10.0. The summed E-state index contributed by atoms with van der Waals surface area (Å²) in [5, 5.41) is 7.95. The first-order chi connectivity index (χ1) is 12.7. The maximum atomic E-state index is 4.80. The Hall–Kier alpha value is -2.08. The van der Waals surface area contributed by atoms with E-state index in [1.807, 2.05) is 6.20 Å². The monoisotopic (exact) mass is 371 g/mol. The molecule has 1 atom stereocenters. The van der Waals surface area contributed by atoms with E-state index in [9.17, 15) is 0 Å². The molecular formula is C20H29N5S. The van der Waals surface area contributed by atoms with Crippen molar-refractivity contribution in [1.82, 2.24) is 15.6 Å². The Balaban J connectivity index is 1.53. The van der Waals surface area contributed by atoms with E-state index in [0.717, 1.165) is 45.0 Å². The number of thiazole rings is 1. The van der Waals surface area contributed by atoms with E-state index in [2.05, 4.69) is 65.6 Å². The van der Waals surface area contributed by atoms with E-state index in [0.29, 0.717) is 6.04 Å². The number of benzene rings is 1. The van der Waals surface area contributed by atoms with Gasteiger partial charge in [-0.2, -0.15) is 0 Å². The van der Waals surface area contributed by atoms with E-state index >= 15 is 0 Å². The van der Waals surface area contributed by atoms with E-state index in [4.69, 9.17) is 4.99 Å². The van der Waals surface area contributed by atoms with Crippen LogP contribution in [0.1, 0.15) is 29.3 Å². The molecule has 1 aliphatic rings. The molecule has 5 nitrogen and oxygen atoms in total. The molecule has 3 rings (SSSR count). The summed E-state index contributed by atoms with van der Waals surface area (Å²) in [5.41, 5.74) is 2.82. The number of guanidine groups is 1. The van der Waals surface area contributed by atoms with Crippen molar-refractivity contribution in [2.75, 3.05) is 31.1 Å². The lowest BCUT2D eigenvalue weighted by atomic mass is 10.2. The second kappa shape index (κ2) is 9.03. The molecule has 2 N–H and O–H groups in total. The maximum Gasteiger partial charge on any atom is 0.191 e. The summed E-state index contributed by atoms with van der Waals surface area (Å²) >= 11 is 1.76. The highest BCUT2D eigenvalue weighted by Gasteiger charge is 2.22. The number of rotatable bonds is 7. The first-order valence-electron chi connectivity index (χ1n) is 9.45. The van der Waals surface area contributed by atoms with Gasteiger partial charge in [0.25, 0.3) is 0 Å². The summed E-state index contributed by atoms with van der Waals surface area (Å²) < 4.78 is 0. The predicted octanol–water partition coefficient (Wildman–Crippen LogP) is 3.00. The summed E-state index contributed by atoms with van der Waals surface area (Å²) in [7, 11) is 0. The van der Waals surface area contributed by atoms with Crippen LogP contribution in [0.3, 0.4) is 0 Å². The molecule has 0 bridgehead atoms. The topological polar surface area (TPSA) is 52.6 Å². The molecule has 6 heteroatoms. The second-order valence-corrected chi connectivity index (χ2v) is 8.00. The molecule has 0 saturated heterocycles. The lowest BCUT2D eigenvalue weighted by Crippen LogP contribution is -2.40. The number of aryl methyl sites for hydroxylation is 1. The first kappa shape index (κ1) is 18.7. The van der Waals surface area contributed by atoms with Crippen LogP contribution < -0.4 is 15.5 Å². The zero-order valence-corrected chi connectivity index (χ0v) is 16.8. The lowest BCUT2D eigenvalue weighted by molar-refractivity contribution is 0.657. The number of fused-ring (bicyclic) bond motifs is 1. The minimum absolute atomic E-state index is 0.385. The number of anilines is 1. The molecule has 1 aromatic heterocycles. The van der Waals surface area contributed by atoms with E-state index in [-0.39, 0.29) is 0 Å². The van der Waals surface area contributed by atoms with Gasteiger partial charge in [0, 0.05) is 48.9 Å². The van der Waals surface area contributed by atoms with Crippen LogP contribution in [0.15, 0.2) is 35.5 Å². The van der Waals surface area contributed by atoms with E-state index < -0.39 is 0 Å². The van der Waals surface area contributed by atoms with Crippen LogP contribution in [0, 0.1) is 6.92 Å². The normalized spacial score (nSPS) is 15.0. The van der Waals surface area contributed by atoms with Crippen LogP contribution in [0.5, 0.6) is 0 Å². The number of nitrogens with zero attached hydrogens (tertiary/aromatic N) is 3. The minimum Gasteiger partial charge on any atom is -0.366 e. The quantitative estimate of drug-likeness (QED) is 0.580. The molecule has 140 valence electrons. The zero-order chi connectivity index (χ0) is 18.4. The number of hydrogen-bond acceptors (Lipinski definition) is 4. The van der Waals surface area contributed by atoms with Crippen LogP contribution in [-0.4, -0.2) is 43.2 Å². The minimum atomic E-state index is 0.385. The summed E-state index contributed by atoms with van der Waals surface area (Å²) in [4.78, 5) is 13.0. The summed E-state index contributed by atoms with van der Waals surface area (Å²) in [5.74, 6) is 0.889. The fraction of sp³-hybridized carbons (Fsp3) is 0.500. The largest absolute Gasteiger partial charge is 0.366 e. The summed E-state index contributed by atoms with van der Waals surface area (Å²) in [6.07, 6.45) is 4.00. The fourth-order valence-electron chi connectivity index (χ4n) is 3.29. The van der Waals surface area contributed by atoms with Gasteiger partial charge in [0.15, 0.2) is 5.96 Å². The van der Waals surface area contributed by atoms with Crippen LogP contribution in [0.25, 0.3) is 0 Å². The Labute approximate surface area is 160 Å². The van der Waals surface area contributed by atoms with E-state index in [1.165, 1.54) is 21.1 Å².